The predicted molar refractivity (Wildman–Crippen MR) is 88.0 cm³/mol. The van der Waals surface area contributed by atoms with Gasteiger partial charge in [-0.2, -0.15) is 11.8 Å². The Hall–Kier alpha value is -1.85. The number of carboxylic acid groups (broad SMARTS) is 1. The summed E-state index contributed by atoms with van der Waals surface area (Å²) in [6.07, 6.45) is 0.314. The predicted octanol–water partition coefficient (Wildman–Crippen LogP) is -2.62. The van der Waals surface area contributed by atoms with Crippen molar-refractivity contribution in [2.24, 2.45) is 11.5 Å². The van der Waals surface area contributed by atoms with E-state index in [0.29, 0.717) is 5.75 Å². The number of rotatable bonds is 11. The fraction of sp³-hybridized carbons (Fsp3) is 0.692. The Morgan fingerprint density at radius 3 is 2.17 bits per heavy atom. The van der Waals surface area contributed by atoms with Crippen molar-refractivity contribution in [3.63, 3.8) is 0 Å². The van der Waals surface area contributed by atoms with Crippen molar-refractivity contribution in [3.05, 3.63) is 0 Å². The average molecular weight is 364 g/mol. The summed E-state index contributed by atoms with van der Waals surface area (Å²) in [5.41, 5.74) is 10.5. The van der Waals surface area contributed by atoms with E-state index in [1.165, 1.54) is 18.7 Å². The number of aliphatic carboxylic acids is 1. The van der Waals surface area contributed by atoms with Crippen molar-refractivity contribution in [3.8, 4) is 0 Å². The van der Waals surface area contributed by atoms with E-state index >= 15 is 0 Å². The Kier molecular flexibility index (Phi) is 10.0. The van der Waals surface area contributed by atoms with E-state index in [-0.39, 0.29) is 12.8 Å². The van der Waals surface area contributed by atoms with Crippen LogP contribution < -0.4 is 22.1 Å². The quantitative estimate of drug-likeness (QED) is 0.230. The van der Waals surface area contributed by atoms with Crippen LogP contribution in [0.5, 0.6) is 0 Å². The van der Waals surface area contributed by atoms with Crippen LogP contribution in [0.1, 0.15) is 19.8 Å². The van der Waals surface area contributed by atoms with Gasteiger partial charge in [-0.1, -0.05) is 0 Å². The molecule has 0 aromatic carbocycles. The van der Waals surface area contributed by atoms with Gasteiger partial charge in [0, 0.05) is 0 Å². The zero-order valence-electron chi connectivity index (χ0n) is 13.5. The number of carbonyl (C=O) groups is 4. The average Bonchev–Trinajstić information content (AvgIpc) is 2.46. The van der Waals surface area contributed by atoms with E-state index in [1.54, 1.807) is 6.26 Å². The first kappa shape index (κ1) is 22.1. The van der Waals surface area contributed by atoms with Crippen molar-refractivity contribution in [1.82, 2.24) is 10.6 Å². The Morgan fingerprint density at radius 2 is 1.75 bits per heavy atom. The van der Waals surface area contributed by atoms with Gasteiger partial charge in [-0.15, -0.1) is 0 Å². The van der Waals surface area contributed by atoms with E-state index in [0.717, 1.165) is 0 Å². The lowest BCUT2D eigenvalue weighted by Gasteiger charge is -2.23. The van der Waals surface area contributed by atoms with Gasteiger partial charge in [-0.05, 0) is 25.4 Å². The van der Waals surface area contributed by atoms with Crippen molar-refractivity contribution >= 4 is 35.5 Å². The third-order valence-electron chi connectivity index (χ3n) is 3.05. The Bertz CT molecular complexity index is 473. The van der Waals surface area contributed by atoms with Crippen molar-refractivity contribution in [2.75, 3.05) is 12.0 Å². The molecule has 11 heteroatoms. The Labute approximate surface area is 143 Å². The van der Waals surface area contributed by atoms with Crippen molar-refractivity contribution in [1.29, 1.82) is 0 Å². The fourth-order valence-corrected chi connectivity index (χ4v) is 2.21. The van der Waals surface area contributed by atoms with Gasteiger partial charge in [0.2, 0.25) is 17.7 Å². The highest BCUT2D eigenvalue weighted by molar-refractivity contribution is 7.98. The molecule has 3 amide bonds. The molecule has 0 saturated heterocycles. The molecule has 0 radical (unpaired) electrons. The highest BCUT2D eigenvalue weighted by Crippen LogP contribution is 2.04. The molecule has 4 atom stereocenters. The number of aliphatic hydroxyl groups excluding tert-OH is 1. The maximum atomic E-state index is 12.2. The van der Waals surface area contributed by atoms with Crippen LogP contribution in [0.2, 0.25) is 0 Å². The highest BCUT2D eigenvalue weighted by atomic mass is 32.2. The topological polar surface area (TPSA) is 185 Å². The van der Waals surface area contributed by atoms with Gasteiger partial charge in [0.15, 0.2) is 6.04 Å². The van der Waals surface area contributed by atoms with Gasteiger partial charge in [-0.3, -0.25) is 14.4 Å². The minimum atomic E-state index is -1.51. The number of nitrogens with two attached hydrogens (primary N) is 2. The van der Waals surface area contributed by atoms with Crippen LogP contribution in [0.15, 0.2) is 0 Å². The molecule has 0 fully saturated rings. The molecule has 0 rings (SSSR count). The van der Waals surface area contributed by atoms with Crippen molar-refractivity contribution in [2.45, 2.75) is 44.0 Å². The number of amides is 3. The zero-order valence-corrected chi connectivity index (χ0v) is 14.3. The van der Waals surface area contributed by atoms with Gasteiger partial charge < -0.3 is 32.3 Å². The zero-order chi connectivity index (χ0) is 18.9. The summed E-state index contributed by atoms with van der Waals surface area (Å²) in [5.74, 6) is -3.17. The first-order chi connectivity index (χ1) is 11.1. The Balaban J connectivity index is 4.97. The molecule has 0 heterocycles. The van der Waals surface area contributed by atoms with Gasteiger partial charge in [-0.25, -0.2) is 4.79 Å². The Morgan fingerprint density at radius 1 is 1.17 bits per heavy atom. The second kappa shape index (κ2) is 10.8. The molecule has 0 aliphatic carbocycles. The fourth-order valence-electron chi connectivity index (χ4n) is 1.74. The first-order valence-electron chi connectivity index (χ1n) is 7.14. The van der Waals surface area contributed by atoms with Gasteiger partial charge in [0.05, 0.1) is 18.6 Å². The van der Waals surface area contributed by atoms with Crippen LogP contribution in [-0.2, 0) is 19.2 Å². The van der Waals surface area contributed by atoms with Gasteiger partial charge in [0.1, 0.15) is 6.04 Å². The smallest absolute Gasteiger partial charge is 0.328 e. The lowest BCUT2D eigenvalue weighted by atomic mass is 10.1. The summed E-state index contributed by atoms with van der Waals surface area (Å²) >= 11 is 1.42. The third kappa shape index (κ3) is 8.13. The SMILES string of the molecule is CSCC[C@H](NC(=O)[C@@H](N)CC(N)=O)C(=O)N[C@H](C(=O)O)[C@@H](C)O. The number of aliphatic hydroxyl groups is 1. The molecule has 138 valence electrons. The minimum Gasteiger partial charge on any atom is -0.480 e. The molecule has 0 aromatic rings. The molecule has 24 heavy (non-hydrogen) atoms. The molecule has 0 aliphatic rings. The van der Waals surface area contributed by atoms with Gasteiger partial charge >= 0.3 is 5.97 Å². The number of hydrogen-bond donors (Lipinski definition) is 6. The number of carboxylic acids is 1. The second-order valence-electron chi connectivity index (χ2n) is 5.18. The van der Waals surface area contributed by atoms with Crippen LogP contribution in [-0.4, -0.2) is 70.1 Å². The summed E-state index contributed by atoms with van der Waals surface area (Å²) in [6.45, 7) is 1.22. The molecule has 0 saturated carbocycles. The lowest BCUT2D eigenvalue weighted by Crippen LogP contribution is -2.57. The van der Waals surface area contributed by atoms with Crippen LogP contribution in [0, 0.1) is 0 Å². The van der Waals surface area contributed by atoms with Gasteiger partial charge in [0.25, 0.3) is 0 Å². The van der Waals surface area contributed by atoms with Crippen LogP contribution in [0.3, 0.4) is 0 Å². The molecule has 0 aromatic heterocycles. The summed E-state index contributed by atoms with van der Waals surface area (Å²) in [6, 6.07) is -3.77. The molecule has 0 bridgehead atoms. The molecule has 0 unspecified atom stereocenters. The second-order valence-corrected chi connectivity index (χ2v) is 6.17. The maximum absolute atomic E-state index is 12.2. The summed E-state index contributed by atoms with van der Waals surface area (Å²) in [7, 11) is 0. The van der Waals surface area contributed by atoms with Crippen LogP contribution >= 0.6 is 11.8 Å². The largest absolute Gasteiger partial charge is 0.480 e. The molecular weight excluding hydrogens is 340 g/mol. The monoisotopic (exact) mass is 364 g/mol. The maximum Gasteiger partial charge on any atom is 0.328 e. The third-order valence-corrected chi connectivity index (χ3v) is 3.69. The highest BCUT2D eigenvalue weighted by Gasteiger charge is 2.30. The summed E-state index contributed by atoms with van der Waals surface area (Å²) < 4.78 is 0. The molecular formula is C13H24N4O6S. The summed E-state index contributed by atoms with van der Waals surface area (Å²) in [5, 5.41) is 22.9. The number of carbonyl (C=O) groups excluding carboxylic acids is 3. The standard InChI is InChI=1S/C13H24N4O6S/c1-6(18)10(13(22)23)17-12(21)8(3-4-24-2)16-11(20)7(14)5-9(15)19/h6-8,10,18H,3-5,14H2,1-2H3,(H2,15,19)(H,16,20)(H,17,21)(H,22,23)/t6-,7+,8+,10+/m1/s1. The van der Waals surface area contributed by atoms with Crippen LogP contribution in [0.4, 0.5) is 0 Å². The number of primary amides is 1. The minimum absolute atomic E-state index is 0.216. The lowest BCUT2D eigenvalue weighted by molar-refractivity contribution is -0.145. The molecule has 0 aliphatic heterocycles. The number of hydrogen-bond acceptors (Lipinski definition) is 7. The first-order valence-corrected chi connectivity index (χ1v) is 8.54. The molecule has 8 N–H and O–H groups in total. The van der Waals surface area contributed by atoms with E-state index in [1.807, 2.05) is 0 Å². The normalized spacial score (nSPS) is 15.7. The number of nitrogens with one attached hydrogen (secondary N) is 2. The van der Waals surface area contributed by atoms with Crippen molar-refractivity contribution < 1.29 is 29.4 Å². The molecule has 0 spiro atoms. The van der Waals surface area contributed by atoms with E-state index in [9.17, 15) is 24.3 Å². The number of thioether (sulfide) groups is 1. The van der Waals surface area contributed by atoms with Crippen LogP contribution in [0.25, 0.3) is 0 Å². The van der Waals surface area contributed by atoms with E-state index in [2.05, 4.69) is 10.6 Å². The van der Waals surface area contributed by atoms with E-state index < -0.39 is 47.9 Å². The summed E-state index contributed by atoms with van der Waals surface area (Å²) in [4.78, 5) is 45.9. The molecule has 10 nitrogen and oxygen atoms in total. The van der Waals surface area contributed by atoms with E-state index in [4.69, 9.17) is 16.6 Å².